The maximum absolute atomic E-state index is 5.17. The van der Waals surface area contributed by atoms with Gasteiger partial charge in [0.2, 0.25) is 0 Å². The van der Waals surface area contributed by atoms with Crippen molar-refractivity contribution in [1.82, 2.24) is 15.1 Å². The molecule has 1 aliphatic rings. The number of nitrogens with zero attached hydrogens (tertiary/aromatic N) is 4. The summed E-state index contributed by atoms with van der Waals surface area (Å²) in [7, 11) is 2.11. The molecule has 0 bridgehead atoms. The van der Waals surface area contributed by atoms with Crippen molar-refractivity contribution in [3.8, 4) is 0 Å². The van der Waals surface area contributed by atoms with Crippen molar-refractivity contribution in [1.29, 1.82) is 0 Å². The van der Waals surface area contributed by atoms with Gasteiger partial charge in [0.05, 0.1) is 5.69 Å². The Hall–Kier alpha value is -2.63. The van der Waals surface area contributed by atoms with E-state index in [2.05, 4.69) is 50.6 Å². The third-order valence-corrected chi connectivity index (χ3v) is 3.92. The average Bonchev–Trinajstić information content (AvgIpc) is 3.04. The Kier molecular flexibility index (Phi) is 2.57. The van der Waals surface area contributed by atoms with Crippen molar-refractivity contribution in [2.45, 2.75) is 13.3 Å². The Morgan fingerprint density at radius 2 is 2.19 bits per heavy atom. The van der Waals surface area contributed by atoms with Gasteiger partial charge in [-0.2, -0.15) is 4.98 Å². The normalized spacial score (nSPS) is 13.7. The molecule has 0 saturated carbocycles. The molecule has 0 aliphatic carbocycles. The molecular weight excluding hydrogens is 266 g/mol. The lowest BCUT2D eigenvalue weighted by Crippen LogP contribution is -2.12. The molecule has 6 nitrogen and oxygen atoms in total. The number of aryl methyl sites for hydroxylation is 1. The van der Waals surface area contributed by atoms with Crippen LogP contribution in [0.2, 0.25) is 0 Å². The van der Waals surface area contributed by atoms with Gasteiger partial charge in [-0.1, -0.05) is 11.2 Å². The zero-order valence-electron chi connectivity index (χ0n) is 11.9. The molecular formula is C15H15N5O. The molecule has 0 radical (unpaired) electrons. The summed E-state index contributed by atoms with van der Waals surface area (Å²) in [5.41, 5.74) is 4.95. The van der Waals surface area contributed by atoms with Gasteiger partial charge >= 0.3 is 0 Å². The summed E-state index contributed by atoms with van der Waals surface area (Å²) in [6.45, 7) is 2.96. The van der Waals surface area contributed by atoms with Crippen LogP contribution in [0.3, 0.4) is 0 Å². The van der Waals surface area contributed by atoms with E-state index in [-0.39, 0.29) is 0 Å². The summed E-state index contributed by atoms with van der Waals surface area (Å²) >= 11 is 0. The van der Waals surface area contributed by atoms with Gasteiger partial charge in [0.25, 0.3) is 5.71 Å². The third-order valence-electron chi connectivity index (χ3n) is 3.92. The summed E-state index contributed by atoms with van der Waals surface area (Å²) < 4.78 is 5.17. The second kappa shape index (κ2) is 4.44. The van der Waals surface area contributed by atoms with E-state index >= 15 is 0 Å². The van der Waals surface area contributed by atoms with Crippen LogP contribution in [0.15, 0.2) is 29.0 Å². The van der Waals surface area contributed by atoms with Gasteiger partial charge in [-0.3, -0.25) is 0 Å². The van der Waals surface area contributed by atoms with Crippen LogP contribution in [0, 0.1) is 6.92 Å². The minimum absolute atomic E-state index is 0.503. The minimum Gasteiger partial charge on any atom is -0.374 e. The molecule has 0 unspecified atom stereocenters. The molecule has 4 rings (SSSR count). The number of nitrogens with one attached hydrogen (secondary N) is 1. The summed E-state index contributed by atoms with van der Waals surface area (Å²) in [6.07, 6.45) is 2.59. The smallest absolute Gasteiger partial charge is 0.263 e. The van der Waals surface area contributed by atoms with Crippen molar-refractivity contribution < 1.29 is 4.52 Å². The zero-order valence-corrected chi connectivity index (χ0v) is 11.9. The van der Waals surface area contributed by atoms with Gasteiger partial charge in [-0.05, 0) is 31.0 Å². The standard InChI is InChI=1S/C15H15N5O/c1-9-13-14(16-8-17-15(13)21-19-9)18-11-4-3-10-5-6-20(2)12(10)7-11/h3-4,7-8H,5-6H2,1-2H3,(H,16,17,18). The molecule has 2 aromatic heterocycles. The van der Waals surface area contributed by atoms with Gasteiger partial charge in [0.15, 0.2) is 0 Å². The lowest BCUT2D eigenvalue weighted by molar-refractivity contribution is 0.442. The number of rotatable bonds is 2. The Morgan fingerprint density at radius 3 is 3.10 bits per heavy atom. The van der Waals surface area contributed by atoms with Crippen LogP contribution in [0.25, 0.3) is 11.1 Å². The molecule has 0 spiro atoms. The van der Waals surface area contributed by atoms with Crippen molar-refractivity contribution in [2.75, 3.05) is 23.8 Å². The molecule has 106 valence electrons. The number of aromatic nitrogens is 3. The van der Waals surface area contributed by atoms with E-state index in [1.807, 2.05) is 6.92 Å². The lowest BCUT2D eigenvalue weighted by Gasteiger charge is -2.14. The monoisotopic (exact) mass is 281 g/mol. The molecule has 3 heterocycles. The van der Waals surface area contributed by atoms with E-state index in [9.17, 15) is 0 Å². The number of anilines is 3. The molecule has 3 aromatic rings. The third kappa shape index (κ3) is 1.91. The summed E-state index contributed by atoms with van der Waals surface area (Å²) in [5, 5.41) is 8.11. The highest BCUT2D eigenvalue weighted by Crippen LogP contribution is 2.32. The predicted molar refractivity (Wildman–Crippen MR) is 81.0 cm³/mol. The van der Waals surface area contributed by atoms with Crippen molar-refractivity contribution in [2.24, 2.45) is 0 Å². The highest BCUT2D eigenvalue weighted by Gasteiger charge is 2.17. The number of hydrogen-bond acceptors (Lipinski definition) is 6. The second-order valence-corrected chi connectivity index (χ2v) is 5.31. The van der Waals surface area contributed by atoms with Crippen LogP contribution < -0.4 is 10.2 Å². The van der Waals surface area contributed by atoms with E-state index in [4.69, 9.17) is 4.52 Å². The van der Waals surface area contributed by atoms with Crippen molar-refractivity contribution in [3.63, 3.8) is 0 Å². The zero-order chi connectivity index (χ0) is 14.4. The second-order valence-electron chi connectivity index (χ2n) is 5.31. The van der Waals surface area contributed by atoms with Crippen LogP contribution in [0.5, 0.6) is 0 Å². The first-order valence-electron chi connectivity index (χ1n) is 6.90. The fourth-order valence-electron chi connectivity index (χ4n) is 2.77. The van der Waals surface area contributed by atoms with Gasteiger partial charge in [0.1, 0.15) is 17.5 Å². The van der Waals surface area contributed by atoms with Crippen LogP contribution in [0.4, 0.5) is 17.2 Å². The van der Waals surface area contributed by atoms with Crippen molar-refractivity contribution in [3.05, 3.63) is 35.8 Å². The molecule has 0 atom stereocenters. The first-order valence-corrected chi connectivity index (χ1v) is 6.90. The van der Waals surface area contributed by atoms with E-state index in [0.29, 0.717) is 5.71 Å². The highest BCUT2D eigenvalue weighted by atomic mass is 16.5. The molecule has 0 fully saturated rings. The number of likely N-dealkylation sites (N-methyl/N-ethyl adjacent to an activating group) is 1. The molecule has 0 saturated heterocycles. The van der Waals surface area contributed by atoms with E-state index in [0.717, 1.165) is 35.6 Å². The van der Waals surface area contributed by atoms with Crippen LogP contribution in [-0.2, 0) is 6.42 Å². The largest absolute Gasteiger partial charge is 0.374 e. The van der Waals surface area contributed by atoms with Gasteiger partial charge in [-0.15, -0.1) is 0 Å². The number of hydrogen-bond donors (Lipinski definition) is 1. The average molecular weight is 281 g/mol. The molecule has 21 heavy (non-hydrogen) atoms. The number of fused-ring (bicyclic) bond motifs is 2. The summed E-state index contributed by atoms with van der Waals surface area (Å²) in [4.78, 5) is 10.7. The lowest BCUT2D eigenvalue weighted by atomic mass is 10.1. The fourth-order valence-corrected chi connectivity index (χ4v) is 2.77. The summed E-state index contributed by atoms with van der Waals surface area (Å²) in [6, 6.07) is 6.40. The topological polar surface area (TPSA) is 67.1 Å². The van der Waals surface area contributed by atoms with Crippen LogP contribution in [0.1, 0.15) is 11.3 Å². The molecule has 1 aliphatic heterocycles. The van der Waals surface area contributed by atoms with Gasteiger partial charge < -0.3 is 14.7 Å². The Balaban J connectivity index is 1.75. The van der Waals surface area contributed by atoms with Gasteiger partial charge in [0, 0.05) is 25.0 Å². The molecule has 0 amide bonds. The van der Waals surface area contributed by atoms with E-state index < -0.39 is 0 Å². The Labute approximate surface area is 121 Å². The maximum Gasteiger partial charge on any atom is 0.263 e. The predicted octanol–water partition coefficient (Wildman–Crippen LogP) is 2.66. The quantitative estimate of drug-likeness (QED) is 0.779. The van der Waals surface area contributed by atoms with Crippen LogP contribution in [-0.4, -0.2) is 28.7 Å². The molecule has 1 aromatic carbocycles. The molecule has 1 N–H and O–H groups in total. The van der Waals surface area contributed by atoms with E-state index in [1.54, 1.807) is 0 Å². The highest BCUT2D eigenvalue weighted by molar-refractivity contribution is 5.89. The van der Waals surface area contributed by atoms with E-state index in [1.165, 1.54) is 17.6 Å². The van der Waals surface area contributed by atoms with Crippen LogP contribution >= 0.6 is 0 Å². The minimum atomic E-state index is 0.503. The number of benzene rings is 1. The molecule has 6 heteroatoms. The van der Waals surface area contributed by atoms with Crippen molar-refractivity contribution >= 4 is 28.3 Å². The Bertz CT molecular complexity index is 826. The SMILES string of the molecule is Cc1noc2ncnc(Nc3ccc4c(c3)N(C)CC4)c12. The maximum atomic E-state index is 5.17. The first-order chi connectivity index (χ1) is 10.2. The first kappa shape index (κ1) is 12.1. The van der Waals surface area contributed by atoms with Gasteiger partial charge in [-0.25, -0.2) is 4.98 Å². The fraction of sp³-hybridized carbons (Fsp3) is 0.267. The summed E-state index contributed by atoms with van der Waals surface area (Å²) in [5.74, 6) is 0.722. The Morgan fingerprint density at radius 1 is 1.29 bits per heavy atom.